The number of phenols is 2. The van der Waals surface area contributed by atoms with Crippen LogP contribution in [0.5, 0.6) is 11.5 Å². The van der Waals surface area contributed by atoms with Gasteiger partial charge in [0, 0.05) is 36.4 Å². The van der Waals surface area contributed by atoms with Gasteiger partial charge in [-0.25, -0.2) is 4.98 Å². The van der Waals surface area contributed by atoms with Crippen molar-refractivity contribution in [1.82, 2.24) is 9.55 Å². The Morgan fingerprint density at radius 1 is 1.07 bits per heavy atom. The molecule has 0 aliphatic rings. The van der Waals surface area contributed by atoms with Gasteiger partial charge in [0.05, 0.1) is 12.5 Å². The third-order valence-electron chi connectivity index (χ3n) is 4.12. The van der Waals surface area contributed by atoms with Crippen molar-refractivity contribution in [2.24, 2.45) is 7.05 Å². The molecule has 4 aromatic rings. The number of hydrogen-bond donors (Lipinski definition) is 2. The van der Waals surface area contributed by atoms with Crippen LogP contribution in [0, 0.1) is 11.8 Å². The first kappa shape index (κ1) is 16.5. The van der Waals surface area contributed by atoms with Crippen molar-refractivity contribution < 1.29 is 14.6 Å². The first-order valence-corrected chi connectivity index (χ1v) is 8.10. The zero-order chi connectivity index (χ0) is 19.0. The van der Waals surface area contributed by atoms with Gasteiger partial charge in [-0.15, -0.1) is 0 Å². The molecule has 2 aromatic heterocycles. The van der Waals surface area contributed by atoms with Crippen LogP contribution in [0.3, 0.4) is 0 Å². The van der Waals surface area contributed by atoms with Gasteiger partial charge in [-0.3, -0.25) is 4.79 Å². The predicted molar refractivity (Wildman–Crippen MR) is 100 cm³/mol. The van der Waals surface area contributed by atoms with Crippen molar-refractivity contribution in [3.8, 4) is 34.7 Å². The molecule has 0 unspecified atom stereocenters. The number of phenolic OH excluding ortho intramolecular Hbond substituents is 2. The summed E-state index contributed by atoms with van der Waals surface area (Å²) in [5.41, 5.74) is 2.03. The van der Waals surface area contributed by atoms with E-state index in [1.54, 1.807) is 24.7 Å². The number of aromatic nitrogens is 2. The first-order valence-electron chi connectivity index (χ1n) is 8.10. The highest BCUT2D eigenvalue weighted by Crippen LogP contribution is 2.30. The smallest absolute Gasteiger partial charge is 0.197 e. The molecule has 0 aliphatic carbocycles. The number of benzene rings is 2. The van der Waals surface area contributed by atoms with E-state index in [9.17, 15) is 15.0 Å². The van der Waals surface area contributed by atoms with E-state index in [-0.39, 0.29) is 27.9 Å². The minimum Gasteiger partial charge on any atom is -0.508 e. The van der Waals surface area contributed by atoms with Gasteiger partial charge in [0.15, 0.2) is 5.43 Å². The van der Waals surface area contributed by atoms with E-state index in [1.165, 1.54) is 12.1 Å². The molecule has 0 atom stereocenters. The van der Waals surface area contributed by atoms with Crippen LogP contribution in [-0.4, -0.2) is 19.8 Å². The van der Waals surface area contributed by atoms with Crippen molar-refractivity contribution in [3.63, 3.8) is 0 Å². The van der Waals surface area contributed by atoms with Gasteiger partial charge < -0.3 is 19.2 Å². The summed E-state index contributed by atoms with van der Waals surface area (Å²) in [7, 11) is 1.87. The van der Waals surface area contributed by atoms with Gasteiger partial charge in [-0.05, 0) is 30.2 Å². The SMILES string of the molecule is Cn1cncc1C#Cc1ccc(-c2cc(=O)c3c(O)cc(O)cc3o2)cc1. The standard InChI is InChI=1S/C21H14N2O4/c1-23-12-22-11-15(23)7-4-13-2-5-14(6-3-13)19-10-18(26)21-17(25)8-16(24)9-20(21)27-19/h2-3,5-6,8-12,24-25H,1H3. The summed E-state index contributed by atoms with van der Waals surface area (Å²) in [5.74, 6) is 5.93. The van der Waals surface area contributed by atoms with Crippen LogP contribution in [0.15, 0.2) is 64.2 Å². The van der Waals surface area contributed by atoms with Crippen LogP contribution in [0.1, 0.15) is 11.3 Å². The molecular formula is C21H14N2O4. The summed E-state index contributed by atoms with van der Waals surface area (Å²) in [6.45, 7) is 0. The lowest BCUT2D eigenvalue weighted by atomic mass is 10.1. The van der Waals surface area contributed by atoms with Crippen LogP contribution in [0.25, 0.3) is 22.3 Å². The van der Waals surface area contributed by atoms with Gasteiger partial charge in [0.25, 0.3) is 0 Å². The van der Waals surface area contributed by atoms with Crippen molar-refractivity contribution in [2.45, 2.75) is 0 Å². The Hall–Kier alpha value is -3.98. The topological polar surface area (TPSA) is 88.5 Å². The lowest BCUT2D eigenvalue weighted by molar-refractivity contribution is 0.452. The van der Waals surface area contributed by atoms with Crippen molar-refractivity contribution in [1.29, 1.82) is 0 Å². The van der Waals surface area contributed by atoms with Gasteiger partial charge in [0.1, 0.15) is 33.9 Å². The highest BCUT2D eigenvalue weighted by Gasteiger charge is 2.12. The number of rotatable bonds is 1. The molecule has 132 valence electrons. The molecule has 0 aliphatic heterocycles. The third-order valence-corrected chi connectivity index (χ3v) is 4.12. The molecule has 27 heavy (non-hydrogen) atoms. The third kappa shape index (κ3) is 3.14. The van der Waals surface area contributed by atoms with Crippen molar-refractivity contribution in [3.05, 3.63) is 76.5 Å². The van der Waals surface area contributed by atoms with E-state index in [0.717, 1.165) is 17.3 Å². The summed E-state index contributed by atoms with van der Waals surface area (Å²) in [5, 5.41) is 19.5. The second kappa shape index (κ2) is 6.39. The van der Waals surface area contributed by atoms with E-state index >= 15 is 0 Å². The number of hydrogen-bond acceptors (Lipinski definition) is 5. The Morgan fingerprint density at radius 2 is 1.85 bits per heavy atom. The molecular weight excluding hydrogens is 344 g/mol. The molecule has 6 heteroatoms. The molecule has 2 aromatic carbocycles. The van der Waals surface area contributed by atoms with Gasteiger partial charge in [-0.2, -0.15) is 0 Å². The van der Waals surface area contributed by atoms with E-state index in [0.29, 0.717) is 11.3 Å². The summed E-state index contributed by atoms with van der Waals surface area (Å²) in [4.78, 5) is 16.3. The molecule has 0 saturated carbocycles. The Morgan fingerprint density at radius 3 is 2.56 bits per heavy atom. The zero-order valence-electron chi connectivity index (χ0n) is 14.3. The van der Waals surface area contributed by atoms with Crippen LogP contribution in [0.4, 0.5) is 0 Å². The first-order chi connectivity index (χ1) is 13.0. The van der Waals surface area contributed by atoms with Gasteiger partial charge in [0.2, 0.25) is 0 Å². The molecule has 0 fully saturated rings. The maximum absolute atomic E-state index is 12.3. The summed E-state index contributed by atoms with van der Waals surface area (Å²) in [6.07, 6.45) is 3.38. The van der Waals surface area contributed by atoms with E-state index in [4.69, 9.17) is 4.42 Å². The average Bonchev–Trinajstić information content (AvgIpc) is 3.04. The van der Waals surface area contributed by atoms with Crippen LogP contribution >= 0.6 is 0 Å². The highest BCUT2D eigenvalue weighted by atomic mass is 16.3. The fourth-order valence-electron chi connectivity index (χ4n) is 2.73. The zero-order valence-corrected chi connectivity index (χ0v) is 14.3. The molecule has 6 nitrogen and oxygen atoms in total. The molecule has 0 bridgehead atoms. The Kier molecular flexibility index (Phi) is 3.90. The largest absolute Gasteiger partial charge is 0.508 e. The van der Waals surface area contributed by atoms with Gasteiger partial charge in [-0.1, -0.05) is 5.92 Å². The fraction of sp³-hybridized carbons (Fsp3) is 0.0476. The fourth-order valence-corrected chi connectivity index (χ4v) is 2.73. The Balaban J connectivity index is 1.71. The maximum atomic E-state index is 12.3. The number of fused-ring (bicyclic) bond motifs is 1. The maximum Gasteiger partial charge on any atom is 0.197 e. The number of nitrogens with zero attached hydrogens (tertiary/aromatic N) is 2. The Labute approximate surface area is 154 Å². The predicted octanol–water partition coefficient (Wildman–Crippen LogP) is 3.00. The summed E-state index contributed by atoms with van der Waals surface area (Å²) >= 11 is 0. The van der Waals surface area contributed by atoms with Gasteiger partial charge >= 0.3 is 0 Å². The minimum absolute atomic E-state index is 0.0372. The lowest BCUT2D eigenvalue weighted by Gasteiger charge is -2.05. The molecule has 2 N–H and O–H groups in total. The summed E-state index contributed by atoms with van der Waals surface area (Å²) in [6, 6.07) is 10.9. The number of aryl methyl sites for hydroxylation is 1. The van der Waals surface area contributed by atoms with Crippen molar-refractivity contribution in [2.75, 3.05) is 0 Å². The second-order valence-corrected chi connectivity index (χ2v) is 6.03. The van der Waals surface area contributed by atoms with Crippen LogP contribution in [0.2, 0.25) is 0 Å². The number of aromatic hydroxyl groups is 2. The Bertz CT molecular complexity index is 1270. The van der Waals surface area contributed by atoms with E-state index < -0.39 is 0 Å². The van der Waals surface area contributed by atoms with Crippen LogP contribution in [-0.2, 0) is 7.05 Å². The average molecular weight is 358 g/mol. The minimum atomic E-state index is -0.385. The normalized spacial score (nSPS) is 10.6. The molecule has 0 saturated heterocycles. The molecule has 0 spiro atoms. The van der Waals surface area contributed by atoms with E-state index in [1.807, 2.05) is 23.7 Å². The summed E-state index contributed by atoms with van der Waals surface area (Å²) < 4.78 is 7.53. The monoisotopic (exact) mass is 358 g/mol. The molecule has 2 heterocycles. The highest BCUT2D eigenvalue weighted by molar-refractivity contribution is 5.86. The van der Waals surface area contributed by atoms with E-state index in [2.05, 4.69) is 16.8 Å². The molecule has 0 radical (unpaired) electrons. The van der Waals surface area contributed by atoms with Crippen LogP contribution < -0.4 is 5.43 Å². The molecule has 4 rings (SSSR count). The quantitative estimate of drug-likeness (QED) is 0.511. The lowest BCUT2D eigenvalue weighted by Crippen LogP contribution is -2.00. The second-order valence-electron chi connectivity index (χ2n) is 6.03. The molecule has 0 amide bonds. The van der Waals surface area contributed by atoms with Crippen molar-refractivity contribution >= 4 is 11.0 Å². The number of imidazole rings is 1.